The van der Waals surface area contributed by atoms with E-state index in [1.165, 1.54) is 7.11 Å². The van der Waals surface area contributed by atoms with E-state index in [1.807, 2.05) is 13.8 Å². The quantitative estimate of drug-likeness (QED) is 0.850. The number of benzene rings is 1. The third-order valence-corrected chi connectivity index (χ3v) is 3.36. The molecular formula is C14H16ClN3O2. The van der Waals surface area contributed by atoms with Crippen molar-refractivity contribution in [2.24, 2.45) is 0 Å². The number of hydrogen-bond donors (Lipinski definition) is 2. The van der Waals surface area contributed by atoms with Crippen molar-refractivity contribution >= 4 is 23.3 Å². The zero-order valence-electron chi connectivity index (χ0n) is 11.6. The minimum absolute atomic E-state index is 0.398. The zero-order valence-corrected chi connectivity index (χ0v) is 12.3. The summed E-state index contributed by atoms with van der Waals surface area (Å²) in [6.07, 6.45) is 0. The number of ether oxygens (including phenoxy) is 1. The number of nitrogens with one attached hydrogen (secondary N) is 2. The van der Waals surface area contributed by atoms with Crippen LogP contribution in [0.4, 0.5) is 5.69 Å². The van der Waals surface area contributed by atoms with Gasteiger partial charge in [0.05, 0.1) is 24.1 Å². The molecule has 0 saturated heterocycles. The molecule has 2 rings (SSSR count). The molecule has 0 bridgehead atoms. The van der Waals surface area contributed by atoms with Crippen molar-refractivity contribution in [1.82, 2.24) is 10.2 Å². The van der Waals surface area contributed by atoms with E-state index in [1.54, 1.807) is 18.2 Å². The lowest BCUT2D eigenvalue weighted by Crippen LogP contribution is -2.09. The molecule has 20 heavy (non-hydrogen) atoms. The van der Waals surface area contributed by atoms with E-state index in [9.17, 15) is 4.79 Å². The Hall–Kier alpha value is -2.01. The number of aromatic amines is 1. The molecule has 0 radical (unpaired) electrons. The lowest BCUT2D eigenvalue weighted by Gasteiger charge is -2.11. The number of methoxy groups -OCH3 is 1. The van der Waals surface area contributed by atoms with Crippen LogP contribution in [0.3, 0.4) is 0 Å². The Bertz CT molecular complexity index is 618. The maximum absolute atomic E-state index is 11.7. The first-order valence-corrected chi connectivity index (χ1v) is 6.53. The van der Waals surface area contributed by atoms with Gasteiger partial charge in [-0.3, -0.25) is 5.10 Å². The third-order valence-electron chi connectivity index (χ3n) is 3.12. The summed E-state index contributed by atoms with van der Waals surface area (Å²) in [5.74, 6) is -0.398. The fraction of sp³-hybridized carbons (Fsp3) is 0.286. The predicted octanol–water partition coefficient (Wildman–Crippen LogP) is 3.08. The molecule has 0 amide bonds. The number of H-pyrrole nitrogens is 1. The average Bonchev–Trinajstić information content (AvgIpc) is 2.75. The summed E-state index contributed by atoms with van der Waals surface area (Å²) < 4.78 is 4.76. The van der Waals surface area contributed by atoms with E-state index in [-0.39, 0.29) is 0 Å². The highest BCUT2D eigenvalue weighted by atomic mass is 35.5. The van der Waals surface area contributed by atoms with Gasteiger partial charge in [-0.1, -0.05) is 11.6 Å². The van der Waals surface area contributed by atoms with Crippen LogP contribution in [0.15, 0.2) is 18.2 Å². The molecule has 0 fully saturated rings. The number of halogens is 1. The van der Waals surface area contributed by atoms with Crippen LogP contribution in [-0.2, 0) is 11.3 Å². The van der Waals surface area contributed by atoms with Crippen molar-refractivity contribution in [3.05, 3.63) is 45.7 Å². The first-order valence-electron chi connectivity index (χ1n) is 6.15. The van der Waals surface area contributed by atoms with Gasteiger partial charge < -0.3 is 10.1 Å². The number of rotatable bonds is 4. The topological polar surface area (TPSA) is 67.0 Å². The van der Waals surface area contributed by atoms with Crippen molar-refractivity contribution < 1.29 is 9.53 Å². The van der Waals surface area contributed by atoms with Gasteiger partial charge in [0, 0.05) is 22.8 Å². The van der Waals surface area contributed by atoms with Gasteiger partial charge in [0.15, 0.2) is 0 Å². The second-order valence-corrected chi connectivity index (χ2v) is 4.88. The third kappa shape index (κ3) is 2.93. The highest BCUT2D eigenvalue weighted by Gasteiger charge is 2.13. The van der Waals surface area contributed by atoms with Gasteiger partial charge in [0.25, 0.3) is 0 Å². The second kappa shape index (κ2) is 5.96. The van der Waals surface area contributed by atoms with Crippen LogP contribution in [0.25, 0.3) is 0 Å². The second-order valence-electron chi connectivity index (χ2n) is 4.45. The van der Waals surface area contributed by atoms with E-state index < -0.39 is 5.97 Å². The SMILES string of the molecule is COC(=O)c1ccc(Cl)cc1NCc1c(C)n[nH]c1C. The number of nitrogens with zero attached hydrogens (tertiary/aromatic N) is 1. The maximum atomic E-state index is 11.7. The number of carbonyl (C=O) groups is 1. The molecule has 0 spiro atoms. The fourth-order valence-electron chi connectivity index (χ4n) is 1.97. The molecule has 1 aromatic carbocycles. The number of carbonyl (C=O) groups excluding carboxylic acids is 1. The molecule has 2 N–H and O–H groups in total. The molecule has 6 heteroatoms. The first-order chi connectivity index (χ1) is 9.52. The van der Waals surface area contributed by atoms with Gasteiger partial charge in [0.2, 0.25) is 0 Å². The van der Waals surface area contributed by atoms with E-state index in [0.717, 1.165) is 17.0 Å². The maximum Gasteiger partial charge on any atom is 0.339 e. The largest absolute Gasteiger partial charge is 0.465 e. The number of aromatic nitrogens is 2. The Kier molecular flexibility index (Phi) is 4.29. The summed E-state index contributed by atoms with van der Waals surface area (Å²) in [6, 6.07) is 5.01. The molecule has 0 atom stereocenters. The van der Waals surface area contributed by atoms with Crippen molar-refractivity contribution in [2.75, 3.05) is 12.4 Å². The summed E-state index contributed by atoms with van der Waals surface area (Å²) in [7, 11) is 1.35. The molecular weight excluding hydrogens is 278 g/mol. The van der Waals surface area contributed by atoms with Crippen molar-refractivity contribution in [3.63, 3.8) is 0 Å². The smallest absolute Gasteiger partial charge is 0.339 e. The summed E-state index contributed by atoms with van der Waals surface area (Å²) >= 11 is 5.98. The Labute approximate surface area is 122 Å². The van der Waals surface area contributed by atoms with Gasteiger partial charge in [-0.05, 0) is 32.0 Å². The molecule has 1 heterocycles. The Morgan fingerprint density at radius 1 is 1.45 bits per heavy atom. The zero-order chi connectivity index (χ0) is 14.7. The normalized spacial score (nSPS) is 10.4. The summed E-state index contributed by atoms with van der Waals surface area (Å²) in [4.78, 5) is 11.7. The molecule has 1 aromatic heterocycles. The first kappa shape index (κ1) is 14.4. The summed E-state index contributed by atoms with van der Waals surface area (Å²) in [5, 5.41) is 10.8. The van der Waals surface area contributed by atoms with Gasteiger partial charge in [0.1, 0.15) is 0 Å². The number of hydrogen-bond acceptors (Lipinski definition) is 4. The van der Waals surface area contributed by atoms with E-state index in [0.29, 0.717) is 22.8 Å². The van der Waals surface area contributed by atoms with E-state index in [4.69, 9.17) is 16.3 Å². The van der Waals surface area contributed by atoms with Gasteiger partial charge in [-0.15, -0.1) is 0 Å². The molecule has 0 aliphatic carbocycles. The van der Waals surface area contributed by atoms with Crippen LogP contribution in [-0.4, -0.2) is 23.3 Å². The minimum atomic E-state index is -0.398. The van der Waals surface area contributed by atoms with Crippen LogP contribution in [0.5, 0.6) is 0 Å². The van der Waals surface area contributed by atoms with Gasteiger partial charge in [-0.2, -0.15) is 5.10 Å². The fourth-order valence-corrected chi connectivity index (χ4v) is 2.14. The molecule has 2 aromatic rings. The van der Waals surface area contributed by atoms with E-state index >= 15 is 0 Å². The Morgan fingerprint density at radius 2 is 2.20 bits per heavy atom. The lowest BCUT2D eigenvalue weighted by atomic mass is 10.1. The van der Waals surface area contributed by atoms with Crippen LogP contribution in [0.1, 0.15) is 27.3 Å². The van der Waals surface area contributed by atoms with Crippen molar-refractivity contribution in [1.29, 1.82) is 0 Å². The molecule has 106 valence electrons. The van der Waals surface area contributed by atoms with Crippen LogP contribution < -0.4 is 5.32 Å². The molecule has 0 saturated carbocycles. The van der Waals surface area contributed by atoms with Crippen molar-refractivity contribution in [2.45, 2.75) is 20.4 Å². The van der Waals surface area contributed by atoms with E-state index in [2.05, 4.69) is 15.5 Å². The monoisotopic (exact) mass is 293 g/mol. The average molecular weight is 294 g/mol. The van der Waals surface area contributed by atoms with Gasteiger partial charge in [-0.25, -0.2) is 4.79 Å². The van der Waals surface area contributed by atoms with Crippen LogP contribution >= 0.6 is 11.6 Å². The minimum Gasteiger partial charge on any atom is -0.465 e. The van der Waals surface area contributed by atoms with Gasteiger partial charge >= 0.3 is 5.97 Å². The Morgan fingerprint density at radius 3 is 2.80 bits per heavy atom. The summed E-state index contributed by atoms with van der Waals surface area (Å²) in [6.45, 7) is 4.44. The molecule has 0 aliphatic heterocycles. The molecule has 5 nitrogen and oxygen atoms in total. The van der Waals surface area contributed by atoms with Crippen LogP contribution in [0, 0.1) is 13.8 Å². The highest BCUT2D eigenvalue weighted by molar-refractivity contribution is 6.31. The number of anilines is 1. The molecule has 0 aliphatic rings. The summed E-state index contributed by atoms with van der Waals surface area (Å²) in [5.41, 5.74) is 4.09. The standard InChI is InChI=1S/C14H16ClN3O2/c1-8-12(9(2)18-17-8)7-16-13-6-10(15)4-5-11(13)14(19)20-3/h4-6,16H,7H2,1-3H3,(H,17,18). The lowest BCUT2D eigenvalue weighted by molar-refractivity contribution is 0.0602. The molecule has 0 unspecified atom stereocenters. The predicted molar refractivity (Wildman–Crippen MR) is 78.2 cm³/mol. The Balaban J connectivity index is 2.24. The highest BCUT2D eigenvalue weighted by Crippen LogP contribution is 2.23. The van der Waals surface area contributed by atoms with Crippen molar-refractivity contribution in [3.8, 4) is 0 Å². The number of esters is 1. The number of aryl methyl sites for hydroxylation is 2. The van der Waals surface area contributed by atoms with Crippen LogP contribution in [0.2, 0.25) is 5.02 Å².